The monoisotopic (exact) mass is 348 g/mol. The summed E-state index contributed by atoms with van der Waals surface area (Å²) in [6.45, 7) is 3.45. The predicted molar refractivity (Wildman–Crippen MR) is 93.5 cm³/mol. The molecule has 1 aliphatic rings. The molecule has 0 bridgehead atoms. The molecule has 4 amide bonds. The van der Waals surface area contributed by atoms with Crippen molar-refractivity contribution >= 4 is 23.5 Å². The summed E-state index contributed by atoms with van der Waals surface area (Å²) in [7, 11) is 1.57. The minimum atomic E-state index is -0.217. The van der Waals surface area contributed by atoms with Crippen molar-refractivity contribution in [2.45, 2.75) is 19.4 Å². The normalized spacial score (nSPS) is 16.4. The molecule has 1 aliphatic heterocycles. The van der Waals surface area contributed by atoms with Crippen LogP contribution in [0.4, 0.5) is 10.5 Å². The number of rotatable bonds is 6. The van der Waals surface area contributed by atoms with Crippen LogP contribution < -0.4 is 16.0 Å². The fourth-order valence-corrected chi connectivity index (χ4v) is 2.63. The molecule has 25 heavy (non-hydrogen) atoms. The van der Waals surface area contributed by atoms with Crippen LogP contribution in [0.5, 0.6) is 0 Å². The average molecular weight is 348 g/mol. The number of anilines is 1. The molecule has 1 heterocycles. The van der Waals surface area contributed by atoms with E-state index in [0.717, 1.165) is 6.42 Å². The first-order valence-corrected chi connectivity index (χ1v) is 8.20. The predicted octanol–water partition coefficient (Wildman–Crippen LogP) is 0.805. The summed E-state index contributed by atoms with van der Waals surface area (Å²) in [6.07, 6.45) is 0.744. The van der Waals surface area contributed by atoms with Gasteiger partial charge in [-0.1, -0.05) is 0 Å². The zero-order valence-electron chi connectivity index (χ0n) is 14.5. The number of ether oxygens (including phenoxy) is 1. The Labute approximate surface area is 146 Å². The lowest BCUT2D eigenvalue weighted by Gasteiger charge is -2.17. The van der Waals surface area contributed by atoms with Crippen molar-refractivity contribution in [1.29, 1.82) is 0 Å². The highest BCUT2D eigenvalue weighted by Crippen LogP contribution is 2.14. The van der Waals surface area contributed by atoms with Crippen LogP contribution >= 0.6 is 0 Å². The molecule has 8 nitrogen and oxygen atoms in total. The third-order valence-corrected chi connectivity index (χ3v) is 3.87. The first-order chi connectivity index (χ1) is 12.0. The number of urea groups is 1. The summed E-state index contributed by atoms with van der Waals surface area (Å²) >= 11 is 0. The summed E-state index contributed by atoms with van der Waals surface area (Å²) in [5.74, 6) is -0.278. The SMILES string of the molecule is COCCNC(=O)c1ccc(NC(=O)N2CC[C@H](NC(C)=O)C2)cc1. The molecule has 1 saturated heterocycles. The van der Waals surface area contributed by atoms with E-state index < -0.39 is 0 Å². The second-order valence-corrected chi connectivity index (χ2v) is 5.89. The van der Waals surface area contributed by atoms with Crippen LogP contribution in [0.25, 0.3) is 0 Å². The van der Waals surface area contributed by atoms with Crippen LogP contribution in [0.1, 0.15) is 23.7 Å². The Bertz CT molecular complexity index is 618. The minimum absolute atomic E-state index is 0.00132. The van der Waals surface area contributed by atoms with Gasteiger partial charge in [-0.2, -0.15) is 0 Å². The van der Waals surface area contributed by atoms with Crippen molar-refractivity contribution < 1.29 is 19.1 Å². The van der Waals surface area contributed by atoms with Gasteiger partial charge in [-0.3, -0.25) is 9.59 Å². The van der Waals surface area contributed by atoms with E-state index in [9.17, 15) is 14.4 Å². The van der Waals surface area contributed by atoms with Crippen LogP contribution in [-0.4, -0.2) is 62.1 Å². The minimum Gasteiger partial charge on any atom is -0.383 e. The quantitative estimate of drug-likeness (QED) is 0.662. The molecular formula is C17H24N4O4. The molecule has 1 aromatic rings. The van der Waals surface area contributed by atoms with Crippen LogP contribution in [0.15, 0.2) is 24.3 Å². The van der Waals surface area contributed by atoms with Crippen LogP contribution in [-0.2, 0) is 9.53 Å². The lowest BCUT2D eigenvalue weighted by atomic mass is 10.2. The lowest BCUT2D eigenvalue weighted by Crippen LogP contribution is -2.38. The smallest absolute Gasteiger partial charge is 0.321 e. The molecule has 0 unspecified atom stereocenters. The highest BCUT2D eigenvalue weighted by molar-refractivity contribution is 5.95. The summed E-state index contributed by atoms with van der Waals surface area (Å²) in [5, 5.41) is 8.35. The molecule has 0 radical (unpaired) electrons. The van der Waals surface area contributed by atoms with Crippen molar-refractivity contribution in [1.82, 2.24) is 15.5 Å². The Balaban J connectivity index is 1.83. The second-order valence-electron chi connectivity index (χ2n) is 5.89. The molecule has 1 fully saturated rings. The first-order valence-electron chi connectivity index (χ1n) is 8.20. The molecule has 0 aromatic heterocycles. The molecule has 3 N–H and O–H groups in total. The van der Waals surface area contributed by atoms with Crippen LogP contribution in [0, 0.1) is 0 Å². The Morgan fingerprint density at radius 2 is 1.96 bits per heavy atom. The zero-order chi connectivity index (χ0) is 18.2. The molecule has 2 rings (SSSR count). The highest BCUT2D eigenvalue weighted by atomic mass is 16.5. The Kier molecular flexibility index (Phi) is 6.76. The van der Waals surface area contributed by atoms with Gasteiger partial charge < -0.3 is 25.6 Å². The number of hydrogen-bond acceptors (Lipinski definition) is 4. The molecule has 1 atom stereocenters. The molecule has 0 saturated carbocycles. The summed E-state index contributed by atoms with van der Waals surface area (Å²) in [4.78, 5) is 36.9. The van der Waals surface area contributed by atoms with E-state index >= 15 is 0 Å². The van der Waals surface area contributed by atoms with Gasteiger partial charge in [-0.05, 0) is 30.7 Å². The van der Waals surface area contributed by atoms with E-state index in [-0.39, 0.29) is 23.9 Å². The van der Waals surface area contributed by atoms with Crippen molar-refractivity contribution in [3.8, 4) is 0 Å². The van der Waals surface area contributed by atoms with E-state index in [1.807, 2.05) is 0 Å². The third kappa shape index (κ3) is 5.75. The maximum absolute atomic E-state index is 12.2. The first kappa shape index (κ1) is 18.7. The van der Waals surface area contributed by atoms with Crippen molar-refractivity contribution in [3.63, 3.8) is 0 Å². The third-order valence-electron chi connectivity index (χ3n) is 3.87. The molecule has 8 heteroatoms. The Morgan fingerprint density at radius 3 is 2.60 bits per heavy atom. The number of carbonyl (C=O) groups excluding carboxylic acids is 3. The fourth-order valence-electron chi connectivity index (χ4n) is 2.63. The maximum atomic E-state index is 12.2. The second kappa shape index (κ2) is 9.03. The maximum Gasteiger partial charge on any atom is 0.321 e. The average Bonchev–Trinajstić information content (AvgIpc) is 3.03. The van der Waals surface area contributed by atoms with Gasteiger partial charge in [0.1, 0.15) is 0 Å². The molecular weight excluding hydrogens is 324 g/mol. The number of methoxy groups -OCH3 is 1. The topological polar surface area (TPSA) is 99.8 Å². The molecule has 136 valence electrons. The summed E-state index contributed by atoms with van der Waals surface area (Å²) < 4.78 is 4.88. The van der Waals surface area contributed by atoms with Gasteiger partial charge in [0.05, 0.1) is 6.61 Å². The molecule has 0 aliphatic carbocycles. The number of carbonyl (C=O) groups is 3. The van der Waals surface area contributed by atoms with Crippen LogP contribution in [0.2, 0.25) is 0 Å². The number of benzene rings is 1. The molecule has 0 spiro atoms. The van der Waals surface area contributed by atoms with Crippen molar-refractivity contribution in [2.24, 2.45) is 0 Å². The number of nitrogens with one attached hydrogen (secondary N) is 3. The number of likely N-dealkylation sites (tertiary alicyclic amines) is 1. The van der Waals surface area contributed by atoms with E-state index in [4.69, 9.17) is 4.74 Å². The van der Waals surface area contributed by atoms with Gasteiger partial charge in [-0.25, -0.2) is 4.79 Å². The van der Waals surface area contributed by atoms with Gasteiger partial charge in [0.25, 0.3) is 5.91 Å². The van der Waals surface area contributed by atoms with Gasteiger partial charge in [0.2, 0.25) is 5.91 Å². The standard InChI is InChI=1S/C17H24N4O4/c1-12(22)19-15-7-9-21(11-15)17(24)20-14-5-3-13(4-6-14)16(23)18-8-10-25-2/h3-6,15H,7-11H2,1-2H3,(H,18,23)(H,19,22)(H,20,24)/t15-/m0/s1. The number of nitrogens with zero attached hydrogens (tertiary/aromatic N) is 1. The largest absolute Gasteiger partial charge is 0.383 e. The van der Waals surface area contributed by atoms with Gasteiger partial charge in [-0.15, -0.1) is 0 Å². The van der Waals surface area contributed by atoms with Crippen LogP contribution in [0.3, 0.4) is 0 Å². The fraction of sp³-hybridized carbons (Fsp3) is 0.471. The van der Waals surface area contributed by atoms with E-state index in [1.165, 1.54) is 6.92 Å². The van der Waals surface area contributed by atoms with E-state index in [2.05, 4.69) is 16.0 Å². The van der Waals surface area contributed by atoms with E-state index in [0.29, 0.717) is 37.5 Å². The van der Waals surface area contributed by atoms with Gasteiger partial charge in [0.15, 0.2) is 0 Å². The van der Waals surface area contributed by atoms with Crippen molar-refractivity contribution in [3.05, 3.63) is 29.8 Å². The summed E-state index contributed by atoms with van der Waals surface area (Å²) in [5.41, 5.74) is 1.13. The Morgan fingerprint density at radius 1 is 1.24 bits per heavy atom. The zero-order valence-corrected chi connectivity index (χ0v) is 14.5. The lowest BCUT2D eigenvalue weighted by molar-refractivity contribution is -0.119. The number of hydrogen-bond donors (Lipinski definition) is 3. The summed E-state index contributed by atoms with van der Waals surface area (Å²) in [6, 6.07) is 6.46. The Hall–Kier alpha value is -2.61. The highest BCUT2D eigenvalue weighted by Gasteiger charge is 2.26. The number of amides is 4. The van der Waals surface area contributed by atoms with Gasteiger partial charge >= 0.3 is 6.03 Å². The van der Waals surface area contributed by atoms with E-state index in [1.54, 1.807) is 36.3 Å². The molecule has 1 aromatic carbocycles. The van der Waals surface area contributed by atoms with Gasteiger partial charge in [0, 0.05) is 51.0 Å². The van der Waals surface area contributed by atoms with Crippen molar-refractivity contribution in [2.75, 3.05) is 38.7 Å².